The zero-order valence-electron chi connectivity index (χ0n) is 11.2. The van der Waals surface area contributed by atoms with Crippen LogP contribution in [0.5, 0.6) is 0 Å². The van der Waals surface area contributed by atoms with Gasteiger partial charge in [-0.05, 0) is 38.1 Å². The highest BCUT2D eigenvalue weighted by molar-refractivity contribution is 4.75. The molecule has 1 rings (SSSR count). The van der Waals surface area contributed by atoms with Crippen molar-refractivity contribution in [3.8, 4) is 0 Å². The van der Waals surface area contributed by atoms with E-state index in [1.54, 1.807) is 0 Å². The molecule has 0 heterocycles. The van der Waals surface area contributed by atoms with Gasteiger partial charge >= 0.3 is 0 Å². The first-order valence-electron chi connectivity index (χ1n) is 7.19. The summed E-state index contributed by atoms with van der Waals surface area (Å²) in [6.45, 7) is 6.40. The monoisotopic (exact) mass is 226 g/mol. The number of unbranched alkanes of at least 4 members (excludes halogenated alkanes) is 1. The van der Waals surface area contributed by atoms with Gasteiger partial charge in [-0.15, -0.1) is 0 Å². The number of hydrogen-bond acceptors (Lipinski definition) is 2. The van der Waals surface area contributed by atoms with Gasteiger partial charge in [-0.3, -0.25) is 0 Å². The lowest BCUT2D eigenvalue weighted by molar-refractivity contribution is 0.250. The molecule has 0 aromatic heterocycles. The van der Waals surface area contributed by atoms with Crippen LogP contribution in [0.25, 0.3) is 0 Å². The van der Waals surface area contributed by atoms with Gasteiger partial charge in [-0.2, -0.15) is 0 Å². The minimum atomic E-state index is 0.484. The molecule has 0 aromatic carbocycles. The predicted molar refractivity (Wildman–Crippen MR) is 71.5 cm³/mol. The molecular weight excluding hydrogens is 196 g/mol. The second-order valence-corrected chi connectivity index (χ2v) is 5.57. The minimum Gasteiger partial charge on any atom is -0.329 e. The van der Waals surface area contributed by atoms with Gasteiger partial charge in [0.25, 0.3) is 0 Å². The van der Waals surface area contributed by atoms with Crippen molar-refractivity contribution in [3.05, 3.63) is 0 Å². The van der Waals surface area contributed by atoms with E-state index in [0.29, 0.717) is 6.04 Å². The van der Waals surface area contributed by atoms with Crippen molar-refractivity contribution in [1.29, 1.82) is 0 Å². The zero-order valence-corrected chi connectivity index (χ0v) is 11.2. The summed E-state index contributed by atoms with van der Waals surface area (Å²) >= 11 is 0. The number of nitrogens with two attached hydrogens (primary N) is 1. The van der Waals surface area contributed by atoms with Crippen molar-refractivity contribution >= 4 is 0 Å². The molecule has 0 amide bonds. The van der Waals surface area contributed by atoms with E-state index in [1.807, 2.05) is 0 Å². The van der Waals surface area contributed by atoms with E-state index < -0.39 is 0 Å². The van der Waals surface area contributed by atoms with Crippen molar-refractivity contribution in [2.75, 3.05) is 13.1 Å². The highest BCUT2D eigenvalue weighted by Gasteiger charge is 2.20. The van der Waals surface area contributed by atoms with Gasteiger partial charge in [0.2, 0.25) is 0 Å². The Kier molecular flexibility index (Phi) is 7.06. The third-order valence-corrected chi connectivity index (χ3v) is 4.04. The van der Waals surface area contributed by atoms with Crippen LogP contribution < -0.4 is 11.1 Å². The quantitative estimate of drug-likeness (QED) is 0.700. The highest BCUT2D eigenvalue weighted by atomic mass is 14.9. The molecular formula is C14H30N2. The summed E-state index contributed by atoms with van der Waals surface area (Å²) in [5, 5.41) is 3.53. The van der Waals surface area contributed by atoms with Crippen LogP contribution in [0, 0.1) is 11.8 Å². The first-order valence-corrected chi connectivity index (χ1v) is 7.19. The van der Waals surface area contributed by atoms with E-state index in [2.05, 4.69) is 19.2 Å². The molecule has 1 atom stereocenters. The molecule has 16 heavy (non-hydrogen) atoms. The Morgan fingerprint density at radius 1 is 1.19 bits per heavy atom. The molecule has 0 aliphatic heterocycles. The molecule has 1 aliphatic rings. The Morgan fingerprint density at radius 2 is 1.81 bits per heavy atom. The van der Waals surface area contributed by atoms with Crippen molar-refractivity contribution < 1.29 is 0 Å². The van der Waals surface area contributed by atoms with Crippen molar-refractivity contribution in [1.82, 2.24) is 5.32 Å². The fraction of sp³-hybridized carbons (Fsp3) is 1.00. The Bertz CT molecular complexity index is 162. The maximum atomic E-state index is 5.60. The Balaban J connectivity index is 2.07. The summed E-state index contributed by atoms with van der Waals surface area (Å²) in [7, 11) is 0. The maximum Gasteiger partial charge on any atom is 0.0162 e. The van der Waals surface area contributed by atoms with Crippen LogP contribution in [0.2, 0.25) is 0 Å². The fourth-order valence-electron chi connectivity index (χ4n) is 2.67. The van der Waals surface area contributed by atoms with E-state index in [0.717, 1.165) is 18.4 Å². The van der Waals surface area contributed by atoms with Crippen LogP contribution in [-0.2, 0) is 0 Å². The summed E-state index contributed by atoms with van der Waals surface area (Å²) in [5.74, 6) is 1.94. The largest absolute Gasteiger partial charge is 0.329 e. The smallest absolute Gasteiger partial charge is 0.0162 e. The normalized spacial score (nSPS) is 27.9. The molecule has 0 unspecified atom stereocenters. The van der Waals surface area contributed by atoms with Crippen LogP contribution in [0.15, 0.2) is 0 Å². The molecule has 0 saturated heterocycles. The van der Waals surface area contributed by atoms with Gasteiger partial charge in [0.15, 0.2) is 0 Å². The summed E-state index contributed by atoms with van der Waals surface area (Å²) in [6.07, 6.45) is 10.0. The first kappa shape index (κ1) is 14.0. The van der Waals surface area contributed by atoms with E-state index in [-0.39, 0.29) is 0 Å². The third-order valence-electron chi connectivity index (χ3n) is 4.04. The molecule has 0 spiro atoms. The molecule has 0 radical (unpaired) electrons. The van der Waals surface area contributed by atoms with Crippen LogP contribution >= 0.6 is 0 Å². The number of nitrogens with one attached hydrogen (secondary N) is 1. The van der Waals surface area contributed by atoms with Gasteiger partial charge in [0.1, 0.15) is 0 Å². The molecule has 2 nitrogen and oxygen atoms in total. The van der Waals surface area contributed by atoms with Crippen LogP contribution in [0.1, 0.15) is 58.8 Å². The van der Waals surface area contributed by atoms with Crippen LogP contribution in [0.3, 0.4) is 0 Å². The Labute approximate surface area is 101 Å². The fourth-order valence-corrected chi connectivity index (χ4v) is 2.67. The van der Waals surface area contributed by atoms with Gasteiger partial charge in [-0.25, -0.2) is 0 Å². The van der Waals surface area contributed by atoms with E-state index in [1.165, 1.54) is 51.5 Å². The minimum absolute atomic E-state index is 0.484. The average molecular weight is 226 g/mol. The molecule has 1 fully saturated rings. The van der Waals surface area contributed by atoms with E-state index in [9.17, 15) is 0 Å². The lowest BCUT2D eigenvalue weighted by Gasteiger charge is -2.29. The standard InChI is InChI=1S/C14H30N2/c1-3-4-5-13-6-8-14(9-7-13)11-16-12(2)10-15/h12-14,16H,3-11,15H2,1-2H3/t12-,13?,14?/m0/s1. The third kappa shape index (κ3) is 5.31. The number of rotatable bonds is 7. The van der Waals surface area contributed by atoms with Gasteiger partial charge in [0, 0.05) is 12.6 Å². The topological polar surface area (TPSA) is 38.0 Å². The molecule has 1 aliphatic carbocycles. The molecule has 0 bridgehead atoms. The lowest BCUT2D eigenvalue weighted by atomic mass is 9.80. The van der Waals surface area contributed by atoms with Crippen molar-refractivity contribution in [2.24, 2.45) is 17.6 Å². The van der Waals surface area contributed by atoms with Crippen molar-refractivity contribution in [2.45, 2.75) is 64.8 Å². The highest BCUT2D eigenvalue weighted by Crippen LogP contribution is 2.31. The first-order chi connectivity index (χ1) is 7.76. The SMILES string of the molecule is CCCCC1CCC(CN[C@@H](C)CN)CC1. The van der Waals surface area contributed by atoms with Gasteiger partial charge in [0.05, 0.1) is 0 Å². The molecule has 96 valence electrons. The summed E-state index contributed by atoms with van der Waals surface area (Å²) < 4.78 is 0. The molecule has 1 saturated carbocycles. The van der Waals surface area contributed by atoms with Crippen LogP contribution in [-0.4, -0.2) is 19.1 Å². The molecule has 2 heteroatoms. The van der Waals surface area contributed by atoms with E-state index in [4.69, 9.17) is 5.73 Å². The zero-order chi connectivity index (χ0) is 11.8. The molecule has 0 aromatic rings. The average Bonchev–Trinajstić information content (AvgIpc) is 2.34. The summed E-state index contributed by atoms with van der Waals surface area (Å²) in [6, 6.07) is 0.484. The van der Waals surface area contributed by atoms with Gasteiger partial charge < -0.3 is 11.1 Å². The van der Waals surface area contributed by atoms with Gasteiger partial charge in [-0.1, -0.05) is 39.0 Å². The Hall–Kier alpha value is -0.0800. The maximum absolute atomic E-state index is 5.60. The van der Waals surface area contributed by atoms with Crippen LogP contribution in [0.4, 0.5) is 0 Å². The second-order valence-electron chi connectivity index (χ2n) is 5.57. The molecule has 3 N–H and O–H groups in total. The summed E-state index contributed by atoms with van der Waals surface area (Å²) in [5.41, 5.74) is 5.60. The van der Waals surface area contributed by atoms with E-state index >= 15 is 0 Å². The second kappa shape index (κ2) is 8.08. The summed E-state index contributed by atoms with van der Waals surface area (Å²) in [4.78, 5) is 0. The predicted octanol–water partition coefficient (Wildman–Crippen LogP) is 2.92. The van der Waals surface area contributed by atoms with Crippen molar-refractivity contribution in [3.63, 3.8) is 0 Å². The number of hydrogen-bond donors (Lipinski definition) is 2. The Morgan fingerprint density at radius 3 is 2.38 bits per heavy atom. The lowest BCUT2D eigenvalue weighted by Crippen LogP contribution is -2.37.